The van der Waals surface area contributed by atoms with Crippen LogP contribution >= 0.6 is 0 Å². The monoisotopic (exact) mass is 467 g/mol. The Balaban J connectivity index is 1.39. The lowest BCUT2D eigenvalue weighted by atomic mass is 9.95. The van der Waals surface area contributed by atoms with Gasteiger partial charge in [-0.25, -0.2) is 4.79 Å². The summed E-state index contributed by atoms with van der Waals surface area (Å²) in [6, 6.07) is 15.0. The van der Waals surface area contributed by atoms with Crippen LogP contribution in [0.1, 0.15) is 24.3 Å². The van der Waals surface area contributed by atoms with E-state index < -0.39 is 42.6 Å². The molecule has 0 aliphatic carbocycles. The molecule has 3 heterocycles. The molecule has 2 saturated heterocycles. The van der Waals surface area contributed by atoms with E-state index in [0.717, 1.165) is 16.5 Å². The number of ether oxygens (including phenoxy) is 4. The zero-order valence-corrected chi connectivity index (χ0v) is 18.7. The van der Waals surface area contributed by atoms with E-state index in [1.165, 1.54) is 13.0 Å². The normalized spacial score (nSPS) is 28.8. The molecule has 34 heavy (non-hydrogen) atoms. The molecule has 2 N–H and O–H groups in total. The highest BCUT2D eigenvalue weighted by molar-refractivity contribution is 5.81. The Labute approximate surface area is 195 Å². The molecule has 1 aromatic heterocycles. The second-order valence-corrected chi connectivity index (χ2v) is 8.46. The summed E-state index contributed by atoms with van der Waals surface area (Å²) in [7, 11) is 0. The molecule has 6 atom stereocenters. The Bertz CT molecular complexity index is 1240. The molecule has 2 fully saturated rings. The van der Waals surface area contributed by atoms with E-state index in [1.807, 2.05) is 37.3 Å². The molecule has 2 aromatic carbocycles. The summed E-state index contributed by atoms with van der Waals surface area (Å²) < 4.78 is 29.2. The number of aryl methyl sites for hydroxylation is 1. The highest BCUT2D eigenvalue weighted by atomic mass is 16.7. The third kappa shape index (κ3) is 4.43. The van der Waals surface area contributed by atoms with E-state index in [-0.39, 0.29) is 12.5 Å². The van der Waals surface area contributed by atoms with Gasteiger partial charge in [-0.3, -0.25) is 4.79 Å². The minimum atomic E-state index is -1.12. The summed E-state index contributed by atoms with van der Waals surface area (Å²) in [5, 5.41) is 14.6. The Morgan fingerprint density at radius 3 is 2.68 bits per heavy atom. The Morgan fingerprint density at radius 1 is 1.12 bits per heavy atom. The Morgan fingerprint density at radius 2 is 1.91 bits per heavy atom. The van der Waals surface area contributed by atoms with E-state index in [9.17, 15) is 14.7 Å². The minimum absolute atomic E-state index is 0.166. The molecule has 9 nitrogen and oxygen atoms in total. The van der Waals surface area contributed by atoms with Crippen molar-refractivity contribution in [1.82, 2.24) is 5.32 Å². The first-order valence-electron chi connectivity index (χ1n) is 11.0. The summed E-state index contributed by atoms with van der Waals surface area (Å²) in [6.07, 6.45) is -4.18. The highest BCUT2D eigenvalue weighted by Gasteiger charge is 2.50. The fourth-order valence-corrected chi connectivity index (χ4v) is 4.37. The molecular formula is C25H25NO8. The highest BCUT2D eigenvalue weighted by Crippen LogP contribution is 2.35. The maximum absolute atomic E-state index is 11.9. The summed E-state index contributed by atoms with van der Waals surface area (Å²) in [4.78, 5) is 23.7. The van der Waals surface area contributed by atoms with Crippen molar-refractivity contribution >= 4 is 16.9 Å². The van der Waals surface area contributed by atoms with Gasteiger partial charge in [-0.1, -0.05) is 30.3 Å². The summed E-state index contributed by atoms with van der Waals surface area (Å²) in [6.45, 7) is 3.33. The molecule has 6 unspecified atom stereocenters. The van der Waals surface area contributed by atoms with E-state index in [1.54, 1.807) is 18.2 Å². The molecule has 0 saturated carbocycles. The van der Waals surface area contributed by atoms with Crippen molar-refractivity contribution in [3.05, 3.63) is 76.1 Å². The van der Waals surface area contributed by atoms with Gasteiger partial charge in [-0.15, -0.1) is 0 Å². The molecular weight excluding hydrogens is 442 g/mol. The lowest BCUT2D eigenvalue weighted by Gasteiger charge is -2.47. The number of hydrogen-bond donors (Lipinski definition) is 2. The van der Waals surface area contributed by atoms with Crippen LogP contribution in [0.2, 0.25) is 0 Å². The van der Waals surface area contributed by atoms with Gasteiger partial charge in [-0.2, -0.15) is 0 Å². The second-order valence-electron chi connectivity index (χ2n) is 8.46. The van der Waals surface area contributed by atoms with Crippen molar-refractivity contribution in [2.75, 3.05) is 6.61 Å². The van der Waals surface area contributed by atoms with Crippen molar-refractivity contribution in [2.45, 2.75) is 50.8 Å². The predicted octanol–water partition coefficient (Wildman–Crippen LogP) is 2.18. The number of amides is 1. The predicted molar refractivity (Wildman–Crippen MR) is 120 cm³/mol. The molecule has 178 valence electrons. The molecule has 1 amide bonds. The van der Waals surface area contributed by atoms with E-state index in [4.69, 9.17) is 23.4 Å². The van der Waals surface area contributed by atoms with Crippen LogP contribution in [-0.2, 0) is 19.0 Å². The van der Waals surface area contributed by atoms with Crippen molar-refractivity contribution < 1.29 is 33.3 Å². The molecule has 0 bridgehead atoms. The fourth-order valence-electron chi connectivity index (χ4n) is 4.37. The maximum atomic E-state index is 11.9. The van der Waals surface area contributed by atoms with E-state index in [0.29, 0.717) is 11.3 Å². The maximum Gasteiger partial charge on any atom is 0.336 e. The molecule has 3 aromatic rings. The van der Waals surface area contributed by atoms with Gasteiger partial charge in [-0.05, 0) is 24.6 Å². The van der Waals surface area contributed by atoms with Crippen molar-refractivity contribution in [1.29, 1.82) is 0 Å². The quantitative estimate of drug-likeness (QED) is 0.561. The zero-order valence-electron chi connectivity index (χ0n) is 18.7. The van der Waals surface area contributed by atoms with Gasteiger partial charge in [0.2, 0.25) is 12.2 Å². The van der Waals surface area contributed by atoms with Crippen molar-refractivity contribution in [3.63, 3.8) is 0 Å². The number of rotatable bonds is 4. The first kappa shape index (κ1) is 22.5. The molecule has 5 rings (SSSR count). The molecule has 2 aliphatic rings. The molecule has 9 heteroatoms. The second kappa shape index (κ2) is 9.19. The number of fused-ring (bicyclic) bond motifs is 2. The molecule has 0 spiro atoms. The number of aliphatic hydroxyl groups is 1. The van der Waals surface area contributed by atoms with Crippen LogP contribution in [0.3, 0.4) is 0 Å². The van der Waals surface area contributed by atoms with Crippen molar-refractivity contribution in [2.24, 2.45) is 0 Å². The van der Waals surface area contributed by atoms with Gasteiger partial charge >= 0.3 is 5.63 Å². The lowest BCUT2D eigenvalue weighted by molar-refractivity contribution is -0.333. The van der Waals surface area contributed by atoms with Crippen LogP contribution in [0.15, 0.2) is 63.8 Å². The third-order valence-electron chi connectivity index (χ3n) is 5.98. The number of benzene rings is 2. The standard InChI is InChI=1S/C25H25NO8/c1-13-10-20(28)32-18-11-16(8-9-17(13)18)31-25-21(26-14(2)27)22(29)23-19(33-25)12-30-24(34-23)15-6-4-3-5-7-15/h3-11,19,21-25,29H,12H2,1-2H3,(H,26,27). The number of carbonyl (C=O) groups is 1. The zero-order chi connectivity index (χ0) is 23.8. The Kier molecular flexibility index (Phi) is 6.09. The smallest absolute Gasteiger partial charge is 0.336 e. The average molecular weight is 467 g/mol. The van der Waals surface area contributed by atoms with Crippen LogP contribution in [0.4, 0.5) is 0 Å². The van der Waals surface area contributed by atoms with Crippen LogP contribution < -0.4 is 15.7 Å². The lowest BCUT2D eigenvalue weighted by Crippen LogP contribution is -2.67. The van der Waals surface area contributed by atoms with Gasteiger partial charge < -0.3 is 33.8 Å². The van der Waals surface area contributed by atoms with Gasteiger partial charge in [0.05, 0.1) is 6.61 Å². The average Bonchev–Trinajstić information content (AvgIpc) is 2.81. The number of nitrogens with one attached hydrogen (secondary N) is 1. The van der Waals surface area contributed by atoms with Gasteiger partial charge in [0, 0.05) is 30.0 Å². The third-order valence-corrected chi connectivity index (χ3v) is 5.98. The number of hydrogen-bond acceptors (Lipinski definition) is 8. The largest absolute Gasteiger partial charge is 0.462 e. The topological polar surface area (TPSA) is 116 Å². The summed E-state index contributed by atoms with van der Waals surface area (Å²) >= 11 is 0. The molecule has 2 aliphatic heterocycles. The molecule has 0 radical (unpaired) electrons. The van der Waals surface area contributed by atoms with Gasteiger partial charge in [0.25, 0.3) is 0 Å². The van der Waals surface area contributed by atoms with Crippen LogP contribution in [0.5, 0.6) is 5.75 Å². The van der Waals surface area contributed by atoms with E-state index >= 15 is 0 Å². The SMILES string of the molecule is CC(=O)NC1C(Oc2ccc3c(C)cc(=O)oc3c2)OC2COC(c3ccccc3)OC2C1O. The van der Waals surface area contributed by atoms with Gasteiger partial charge in [0.15, 0.2) is 6.29 Å². The minimum Gasteiger partial charge on any atom is -0.462 e. The summed E-state index contributed by atoms with van der Waals surface area (Å²) in [5.74, 6) is -0.00133. The number of aliphatic hydroxyl groups excluding tert-OH is 1. The van der Waals surface area contributed by atoms with Crippen molar-refractivity contribution in [3.8, 4) is 5.75 Å². The summed E-state index contributed by atoms with van der Waals surface area (Å²) in [5.41, 5.74) is 1.50. The Hall–Kier alpha value is -3.24. The van der Waals surface area contributed by atoms with Crippen LogP contribution in [0.25, 0.3) is 11.0 Å². The fraction of sp³-hybridized carbons (Fsp3) is 0.360. The number of carbonyl (C=O) groups excluding carboxylic acids is 1. The van der Waals surface area contributed by atoms with Crippen LogP contribution in [-0.4, -0.2) is 48.3 Å². The van der Waals surface area contributed by atoms with Gasteiger partial charge in [0.1, 0.15) is 35.7 Å². The van der Waals surface area contributed by atoms with E-state index in [2.05, 4.69) is 5.32 Å². The first-order chi connectivity index (χ1) is 16.4. The first-order valence-corrected chi connectivity index (χ1v) is 11.0. The van der Waals surface area contributed by atoms with Crippen LogP contribution in [0, 0.1) is 6.92 Å².